The lowest BCUT2D eigenvalue weighted by Crippen LogP contribution is -2.29. The van der Waals surface area contributed by atoms with Gasteiger partial charge in [0.05, 0.1) is 10.6 Å². The van der Waals surface area contributed by atoms with Crippen molar-refractivity contribution in [3.8, 4) is 0 Å². The molecule has 0 saturated carbocycles. The number of para-hydroxylation sites is 1. The maximum absolute atomic E-state index is 12.8. The van der Waals surface area contributed by atoms with Gasteiger partial charge in [0.15, 0.2) is 0 Å². The molecule has 4 nitrogen and oxygen atoms in total. The Balaban J connectivity index is 2.44. The molecule has 0 amide bonds. The summed E-state index contributed by atoms with van der Waals surface area (Å²) >= 11 is 0. The number of nitrogens with zero attached hydrogens (tertiary/aromatic N) is 1. The number of alkyl halides is 2. The van der Waals surface area contributed by atoms with Crippen LogP contribution < -0.4 is 10.6 Å². The van der Waals surface area contributed by atoms with E-state index in [1.165, 1.54) is 12.1 Å². The first-order valence-electron chi connectivity index (χ1n) is 6.45. The second kappa shape index (κ2) is 5.65. The Bertz CT molecular complexity index is 577. The van der Waals surface area contributed by atoms with Crippen LogP contribution in [0.15, 0.2) is 29.2 Å². The van der Waals surface area contributed by atoms with E-state index in [0.717, 1.165) is 6.42 Å². The van der Waals surface area contributed by atoms with Crippen molar-refractivity contribution in [2.24, 2.45) is 11.7 Å². The van der Waals surface area contributed by atoms with Gasteiger partial charge in [-0.2, -0.15) is 8.78 Å². The molecule has 20 heavy (non-hydrogen) atoms. The minimum absolute atomic E-state index is 0.0811. The van der Waals surface area contributed by atoms with E-state index in [1.807, 2.05) is 11.8 Å². The van der Waals surface area contributed by atoms with Crippen molar-refractivity contribution in [1.29, 1.82) is 0 Å². The quantitative estimate of drug-likeness (QED) is 0.922. The number of anilines is 1. The van der Waals surface area contributed by atoms with Crippen LogP contribution >= 0.6 is 0 Å². The molecule has 0 bridgehead atoms. The molecule has 112 valence electrons. The number of sulfone groups is 1. The number of hydrogen-bond acceptors (Lipinski definition) is 4. The molecule has 1 saturated heterocycles. The molecule has 1 aromatic rings. The smallest absolute Gasteiger partial charge is 0.341 e. The third kappa shape index (κ3) is 2.64. The van der Waals surface area contributed by atoms with E-state index in [2.05, 4.69) is 0 Å². The predicted octanol–water partition coefficient (Wildman–Crippen LogP) is 1.86. The van der Waals surface area contributed by atoms with E-state index in [1.54, 1.807) is 12.1 Å². The summed E-state index contributed by atoms with van der Waals surface area (Å²) in [6.45, 7) is 3.04. The largest absolute Gasteiger partial charge is 0.367 e. The summed E-state index contributed by atoms with van der Waals surface area (Å²) in [6.07, 6.45) is 0.833. The first-order valence-corrected chi connectivity index (χ1v) is 8.00. The maximum Gasteiger partial charge on any atom is 0.341 e. The fourth-order valence-electron chi connectivity index (χ4n) is 2.68. The lowest BCUT2D eigenvalue weighted by Gasteiger charge is -2.26. The molecule has 2 unspecified atom stereocenters. The molecule has 2 rings (SSSR count). The van der Waals surface area contributed by atoms with Crippen molar-refractivity contribution >= 4 is 15.5 Å². The Kier molecular flexibility index (Phi) is 4.29. The minimum atomic E-state index is -4.60. The Morgan fingerprint density at radius 1 is 1.40 bits per heavy atom. The van der Waals surface area contributed by atoms with Gasteiger partial charge in [-0.1, -0.05) is 12.1 Å². The lowest BCUT2D eigenvalue weighted by atomic mass is 10.1. The van der Waals surface area contributed by atoms with Gasteiger partial charge in [0, 0.05) is 12.6 Å². The van der Waals surface area contributed by atoms with E-state index in [4.69, 9.17) is 5.73 Å². The maximum atomic E-state index is 12.8. The monoisotopic (exact) mass is 304 g/mol. The SMILES string of the molecule is CC1CC(CN)CN1c1ccccc1S(=O)(=O)C(F)F. The first kappa shape index (κ1) is 15.2. The third-order valence-corrected chi connectivity index (χ3v) is 5.14. The summed E-state index contributed by atoms with van der Waals surface area (Å²) in [5.41, 5.74) is 5.99. The average Bonchev–Trinajstić information content (AvgIpc) is 2.79. The third-order valence-electron chi connectivity index (χ3n) is 3.71. The molecular weight excluding hydrogens is 286 g/mol. The average molecular weight is 304 g/mol. The van der Waals surface area contributed by atoms with E-state index < -0.39 is 15.6 Å². The van der Waals surface area contributed by atoms with Crippen LogP contribution in [-0.2, 0) is 9.84 Å². The number of hydrogen-bond donors (Lipinski definition) is 1. The van der Waals surface area contributed by atoms with E-state index in [0.29, 0.717) is 18.8 Å². The first-order chi connectivity index (χ1) is 9.37. The zero-order valence-corrected chi connectivity index (χ0v) is 12.0. The summed E-state index contributed by atoms with van der Waals surface area (Å²) < 4.78 is 49.1. The molecule has 1 aromatic carbocycles. The Morgan fingerprint density at radius 3 is 2.60 bits per heavy atom. The summed E-state index contributed by atoms with van der Waals surface area (Å²) in [5, 5.41) is 0. The van der Waals surface area contributed by atoms with Crippen molar-refractivity contribution in [3.63, 3.8) is 0 Å². The fourth-order valence-corrected chi connectivity index (χ4v) is 3.62. The Labute approximate surface area is 117 Å². The van der Waals surface area contributed by atoms with Gasteiger partial charge in [-0.05, 0) is 37.9 Å². The molecule has 2 atom stereocenters. The van der Waals surface area contributed by atoms with Crippen molar-refractivity contribution in [1.82, 2.24) is 0 Å². The van der Waals surface area contributed by atoms with Crippen LogP contribution in [0.3, 0.4) is 0 Å². The molecule has 7 heteroatoms. The zero-order valence-electron chi connectivity index (χ0n) is 11.2. The summed E-state index contributed by atoms with van der Waals surface area (Å²) in [5.74, 6) is -3.15. The molecule has 1 heterocycles. The van der Waals surface area contributed by atoms with E-state index in [9.17, 15) is 17.2 Å². The number of rotatable bonds is 4. The molecule has 1 aliphatic heterocycles. The Hall–Kier alpha value is -1.21. The van der Waals surface area contributed by atoms with Gasteiger partial charge >= 0.3 is 5.76 Å². The molecule has 0 radical (unpaired) electrons. The number of benzene rings is 1. The molecule has 0 aromatic heterocycles. The second-order valence-corrected chi connectivity index (χ2v) is 7.00. The lowest BCUT2D eigenvalue weighted by molar-refractivity contribution is 0.235. The van der Waals surface area contributed by atoms with E-state index in [-0.39, 0.29) is 16.9 Å². The summed E-state index contributed by atoms with van der Waals surface area (Å²) in [6, 6.07) is 6.00. The van der Waals surface area contributed by atoms with E-state index >= 15 is 0 Å². The Morgan fingerprint density at radius 2 is 2.05 bits per heavy atom. The number of nitrogens with two attached hydrogens (primary N) is 1. The highest BCUT2D eigenvalue weighted by Crippen LogP contribution is 2.34. The fraction of sp³-hybridized carbons (Fsp3) is 0.538. The minimum Gasteiger partial charge on any atom is -0.367 e. The van der Waals surface area contributed by atoms with Crippen molar-refractivity contribution in [2.45, 2.75) is 30.0 Å². The van der Waals surface area contributed by atoms with Gasteiger partial charge in [0.2, 0.25) is 9.84 Å². The highest BCUT2D eigenvalue weighted by atomic mass is 32.2. The zero-order chi connectivity index (χ0) is 14.9. The van der Waals surface area contributed by atoms with Crippen molar-refractivity contribution in [3.05, 3.63) is 24.3 Å². The van der Waals surface area contributed by atoms with Crippen molar-refractivity contribution in [2.75, 3.05) is 18.0 Å². The van der Waals surface area contributed by atoms with Crippen LogP contribution in [0, 0.1) is 5.92 Å². The van der Waals surface area contributed by atoms with Crippen LogP contribution in [-0.4, -0.2) is 33.3 Å². The van der Waals surface area contributed by atoms with Crippen LogP contribution in [0.4, 0.5) is 14.5 Å². The van der Waals surface area contributed by atoms with Crippen LogP contribution in [0.1, 0.15) is 13.3 Å². The van der Waals surface area contributed by atoms with Gasteiger partial charge in [0.1, 0.15) is 0 Å². The molecule has 0 aliphatic carbocycles. The van der Waals surface area contributed by atoms with Gasteiger partial charge < -0.3 is 10.6 Å². The highest BCUT2D eigenvalue weighted by Gasteiger charge is 2.34. The molecule has 1 fully saturated rings. The summed E-state index contributed by atoms with van der Waals surface area (Å²) in [7, 11) is -4.60. The van der Waals surface area contributed by atoms with Crippen molar-refractivity contribution < 1.29 is 17.2 Å². The van der Waals surface area contributed by atoms with Gasteiger partial charge in [-0.25, -0.2) is 8.42 Å². The molecular formula is C13H18F2N2O2S. The highest BCUT2D eigenvalue weighted by molar-refractivity contribution is 7.91. The number of halogens is 2. The second-order valence-electron chi connectivity index (χ2n) is 5.11. The normalized spacial score (nSPS) is 23.6. The van der Waals surface area contributed by atoms with Gasteiger partial charge in [0.25, 0.3) is 0 Å². The standard InChI is InChI=1S/C13H18F2N2O2S/c1-9-6-10(7-16)8-17(9)11-4-2-3-5-12(11)20(18,19)13(14)15/h2-5,9-10,13H,6-8,16H2,1H3. The molecule has 2 N–H and O–H groups in total. The van der Waals surface area contributed by atoms with Gasteiger partial charge in [-0.15, -0.1) is 0 Å². The van der Waals surface area contributed by atoms with Gasteiger partial charge in [-0.3, -0.25) is 0 Å². The van der Waals surface area contributed by atoms with Crippen LogP contribution in [0.2, 0.25) is 0 Å². The molecule has 0 spiro atoms. The summed E-state index contributed by atoms with van der Waals surface area (Å²) in [4.78, 5) is 1.55. The predicted molar refractivity (Wildman–Crippen MR) is 73.6 cm³/mol. The molecule has 1 aliphatic rings. The van der Waals surface area contributed by atoms with Crippen LogP contribution in [0.5, 0.6) is 0 Å². The van der Waals surface area contributed by atoms with Crippen LogP contribution in [0.25, 0.3) is 0 Å². The topological polar surface area (TPSA) is 63.4 Å².